The largest absolute Gasteiger partial charge is 0.494 e. The van der Waals surface area contributed by atoms with Crippen LogP contribution in [0, 0.1) is 11.8 Å². The molecule has 3 aromatic carbocycles. The second-order valence-electron chi connectivity index (χ2n) is 14.0. The van der Waals surface area contributed by atoms with Crippen LogP contribution in [-0.4, -0.2) is 95.7 Å². The van der Waals surface area contributed by atoms with E-state index in [1.165, 1.54) is 4.90 Å². The number of benzene rings is 3. The zero-order valence-electron chi connectivity index (χ0n) is 31.4. The van der Waals surface area contributed by atoms with Gasteiger partial charge in [0.05, 0.1) is 37.2 Å². The van der Waals surface area contributed by atoms with Gasteiger partial charge in [-0.2, -0.15) is 0 Å². The molecule has 3 fully saturated rings. The number of ether oxygens (including phenoxy) is 2. The zero-order valence-corrected chi connectivity index (χ0v) is 32.9. The Hall–Kier alpha value is -4.45. The summed E-state index contributed by atoms with van der Waals surface area (Å²) in [4.78, 5) is 52.1. The maximum absolute atomic E-state index is 15.3. The molecule has 3 aliphatic heterocycles. The highest BCUT2D eigenvalue weighted by molar-refractivity contribution is 9.09. The van der Waals surface area contributed by atoms with Crippen molar-refractivity contribution in [2.24, 2.45) is 11.8 Å². The number of carbonyl (C=O) groups excluding carboxylic acids is 3. The van der Waals surface area contributed by atoms with E-state index in [9.17, 15) is 9.90 Å². The molecule has 2 bridgehead atoms. The average molecular weight is 800 g/mol. The summed E-state index contributed by atoms with van der Waals surface area (Å²) in [5.41, 5.74) is 1.88. The molecule has 3 amide bonds. The topological polar surface area (TPSA) is 103 Å². The molecule has 10 nitrogen and oxygen atoms in total. The second kappa shape index (κ2) is 16.9. The highest BCUT2D eigenvalue weighted by atomic mass is 79.9. The van der Waals surface area contributed by atoms with Crippen LogP contribution in [0.1, 0.15) is 32.8 Å². The summed E-state index contributed by atoms with van der Waals surface area (Å²) in [6.45, 7) is 16.2. The lowest BCUT2D eigenvalue weighted by atomic mass is 9.70. The van der Waals surface area contributed by atoms with Crippen molar-refractivity contribution in [2.75, 3.05) is 54.1 Å². The highest BCUT2D eigenvalue weighted by Gasteiger charge is 2.77. The first kappa shape index (κ1) is 39.2. The van der Waals surface area contributed by atoms with E-state index in [1.807, 2.05) is 85.8 Å². The van der Waals surface area contributed by atoms with Gasteiger partial charge in [0, 0.05) is 48.1 Å². The summed E-state index contributed by atoms with van der Waals surface area (Å²) in [6.07, 6.45) is 3.29. The molecule has 11 heteroatoms. The van der Waals surface area contributed by atoms with Gasteiger partial charge in [-0.15, -0.1) is 13.2 Å². The van der Waals surface area contributed by atoms with E-state index in [0.717, 1.165) is 24.3 Å². The van der Waals surface area contributed by atoms with Crippen molar-refractivity contribution in [3.8, 4) is 5.75 Å². The molecule has 6 rings (SSSR count). The van der Waals surface area contributed by atoms with E-state index in [4.69, 9.17) is 9.47 Å². The molecule has 3 saturated heterocycles. The van der Waals surface area contributed by atoms with Crippen molar-refractivity contribution in [3.05, 3.63) is 110 Å². The number of likely N-dealkylation sites (tertiary alicyclic amines) is 1. The number of carbonyl (C=O) groups is 3. The predicted octanol–water partition coefficient (Wildman–Crippen LogP) is 6.02. The van der Waals surface area contributed by atoms with Gasteiger partial charge in [-0.3, -0.25) is 14.4 Å². The van der Waals surface area contributed by atoms with Gasteiger partial charge in [-0.1, -0.05) is 58.4 Å². The summed E-state index contributed by atoms with van der Waals surface area (Å²) < 4.78 is 12.5. The van der Waals surface area contributed by atoms with Crippen LogP contribution in [0.15, 0.2) is 104 Å². The Morgan fingerprint density at radius 1 is 0.926 bits per heavy atom. The van der Waals surface area contributed by atoms with Crippen LogP contribution in [0.4, 0.5) is 17.1 Å². The number of amides is 3. The maximum Gasteiger partial charge on any atom is 0.253 e. The SMILES string of the molecule is C=CCN(C(=O)C1N([C@@H](CO)Cc2ccccc2)C(=O)[C@@H]2[C@H](C(=O)N(CC=C)c3ccc(OCC)cc3)[C@H]3OC12CC3Br)c1ccc(N(CC)CC)cc1. The third-order valence-electron chi connectivity index (χ3n) is 11.1. The van der Waals surface area contributed by atoms with E-state index in [1.54, 1.807) is 22.0 Å². The van der Waals surface area contributed by atoms with Crippen LogP contribution in [0.25, 0.3) is 0 Å². The van der Waals surface area contributed by atoms with Crippen molar-refractivity contribution in [3.63, 3.8) is 0 Å². The summed E-state index contributed by atoms with van der Waals surface area (Å²) in [5, 5.41) is 11.0. The number of anilines is 3. The molecule has 54 heavy (non-hydrogen) atoms. The lowest BCUT2D eigenvalue weighted by Crippen LogP contribution is -2.59. The second-order valence-corrected chi connectivity index (χ2v) is 15.2. The van der Waals surface area contributed by atoms with Crippen molar-refractivity contribution < 1.29 is 29.0 Å². The molecule has 1 N–H and O–H groups in total. The minimum Gasteiger partial charge on any atom is -0.494 e. The van der Waals surface area contributed by atoms with E-state index in [0.29, 0.717) is 36.6 Å². The number of aliphatic hydroxyl groups is 1. The van der Waals surface area contributed by atoms with Gasteiger partial charge in [0.15, 0.2) is 0 Å². The minimum absolute atomic E-state index is 0.180. The molecule has 0 radical (unpaired) electrons. The number of hydrogen-bond acceptors (Lipinski definition) is 7. The van der Waals surface area contributed by atoms with Gasteiger partial charge in [0.1, 0.15) is 17.4 Å². The molecule has 0 aliphatic carbocycles. The molecule has 3 heterocycles. The maximum atomic E-state index is 15.3. The number of hydrogen-bond donors (Lipinski definition) is 1. The number of alkyl halides is 1. The first-order valence-corrected chi connectivity index (χ1v) is 19.8. The lowest BCUT2D eigenvalue weighted by Gasteiger charge is -2.39. The molecular formula is C43H51BrN4O6. The first-order valence-electron chi connectivity index (χ1n) is 18.9. The molecule has 7 atom stereocenters. The highest BCUT2D eigenvalue weighted by Crippen LogP contribution is 2.61. The fourth-order valence-electron chi connectivity index (χ4n) is 8.71. The Kier molecular flexibility index (Phi) is 12.3. The fraction of sp³-hybridized carbons (Fsp3) is 0.419. The Morgan fingerprint density at radius 2 is 1.50 bits per heavy atom. The van der Waals surface area contributed by atoms with Crippen molar-refractivity contribution >= 4 is 50.7 Å². The zero-order chi connectivity index (χ0) is 38.6. The third kappa shape index (κ3) is 7.09. The number of aliphatic hydroxyl groups excluding tert-OH is 1. The molecule has 3 unspecified atom stereocenters. The van der Waals surface area contributed by atoms with E-state index in [-0.39, 0.29) is 42.2 Å². The van der Waals surface area contributed by atoms with Crippen LogP contribution < -0.4 is 19.4 Å². The normalized spacial score (nSPS) is 24.5. The molecule has 3 aromatic rings. The third-order valence-corrected chi connectivity index (χ3v) is 11.9. The van der Waals surface area contributed by atoms with Crippen LogP contribution in [0.3, 0.4) is 0 Å². The molecule has 0 aromatic heterocycles. The number of fused-ring (bicyclic) bond motifs is 1. The minimum atomic E-state index is -1.34. The van der Waals surface area contributed by atoms with Crippen molar-refractivity contribution in [1.29, 1.82) is 0 Å². The number of rotatable bonds is 17. The first-order chi connectivity index (χ1) is 26.2. The summed E-state index contributed by atoms with van der Waals surface area (Å²) in [5.74, 6) is -2.20. The number of halogens is 1. The molecule has 3 aliphatic rings. The van der Waals surface area contributed by atoms with Crippen LogP contribution in [-0.2, 0) is 25.5 Å². The van der Waals surface area contributed by atoms with Crippen LogP contribution >= 0.6 is 15.9 Å². The van der Waals surface area contributed by atoms with Gasteiger partial charge in [-0.25, -0.2) is 0 Å². The smallest absolute Gasteiger partial charge is 0.253 e. The average Bonchev–Trinajstić information content (AvgIpc) is 3.79. The molecular weight excluding hydrogens is 748 g/mol. The number of nitrogens with zero attached hydrogens (tertiary/aromatic N) is 4. The van der Waals surface area contributed by atoms with E-state index >= 15 is 9.59 Å². The Balaban J connectivity index is 1.44. The summed E-state index contributed by atoms with van der Waals surface area (Å²) >= 11 is 3.82. The summed E-state index contributed by atoms with van der Waals surface area (Å²) in [6, 6.07) is 22.8. The monoisotopic (exact) mass is 798 g/mol. The van der Waals surface area contributed by atoms with Gasteiger partial charge in [0.2, 0.25) is 11.8 Å². The Morgan fingerprint density at radius 3 is 2.06 bits per heavy atom. The van der Waals surface area contributed by atoms with Crippen LogP contribution in [0.5, 0.6) is 5.75 Å². The molecule has 0 saturated carbocycles. The van der Waals surface area contributed by atoms with E-state index in [2.05, 4.69) is 47.8 Å². The molecule has 1 spiro atoms. The standard InChI is InChI=1S/C43H51BrN4O6/c1-6-24-46(32-20-22-34(23-21-32)53-10-5)40(50)36-37-41(51)48(33(28-49)26-29-14-12-11-13-15-29)39(43(37)27-35(44)38(36)54-43)42(52)47(25-7-2)31-18-16-30(17-19-31)45(8-3)9-4/h6-7,11-23,33,35-39,49H,1-2,8-10,24-28H2,3-5H3/t33-,35?,36+,37+,38+,39?,43?/m1/s1. The quantitative estimate of drug-likeness (QED) is 0.132. The van der Waals surface area contributed by atoms with Crippen molar-refractivity contribution in [1.82, 2.24) is 4.90 Å². The lowest BCUT2D eigenvalue weighted by molar-refractivity contribution is -0.144. The summed E-state index contributed by atoms with van der Waals surface area (Å²) in [7, 11) is 0. The van der Waals surface area contributed by atoms with Crippen molar-refractivity contribution in [2.45, 2.75) is 62.2 Å². The van der Waals surface area contributed by atoms with Gasteiger partial charge in [0.25, 0.3) is 5.91 Å². The van der Waals surface area contributed by atoms with E-state index < -0.39 is 35.6 Å². The predicted molar refractivity (Wildman–Crippen MR) is 216 cm³/mol. The fourth-order valence-corrected chi connectivity index (χ4v) is 9.65. The van der Waals surface area contributed by atoms with Gasteiger partial charge in [-0.05, 0) is 87.7 Å². The van der Waals surface area contributed by atoms with Gasteiger partial charge < -0.3 is 34.2 Å². The molecule has 286 valence electrons. The Bertz CT molecular complexity index is 1800. The van der Waals surface area contributed by atoms with Gasteiger partial charge >= 0.3 is 0 Å². The van der Waals surface area contributed by atoms with Crippen LogP contribution in [0.2, 0.25) is 0 Å². The Labute approximate surface area is 327 Å².